The topological polar surface area (TPSA) is 83.1 Å². The number of ether oxygens (including phenoxy) is 2. The van der Waals surface area contributed by atoms with Crippen molar-refractivity contribution in [3.63, 3.8) is 0 Å². The van der Waals surface area contributed by atoms with Gasteiger partial charge in [-0.2, -0.15) is 0 Å². The van der Waals surface area contributed by atoms with Gasteiger partial charge in [0.05, 0.1) is 19.8 Å². The number of carbonyl (C=O) groups excluding carboxylic acids is 2. The predicted octanol–water partition coefficient (Wildman–Crippen LogP) is 4.28. The lowest BCUT2D eigenvalue weighted by Gasteiger charge is -2.36. The first-order chi connectivity index (χ1) is 19.4. The van der Waals surface area contributed by atoms with Gasteiger partial charge in [-0.3, -0.25) is 19.4 Å². The molecule has 1 unspecified atom stereocenters. The second-order valence-electron chi connectivity index (χ2n) is 10.1. The molecular formula is C31H37FN4O4. The Kier molecular flexibility index (Phi) is 10.6. The highest BCUT2D eigenvalue weighted by Gasteiger charge is 2.25. The minimum Gasteiger partial charge on any atom is -0.457 e. The molecule has 1 fully saturated rings. The Labute approximate surface area is 235 Å². The summed E-state index contributed by atoms with van der Waals surface area (Å²) in [5.74, 6) is 0.108. The smallest absolute Gasteiger partial charge is 0.249 e. The molecule has 0 saturated carbocycles. The molecule has 2 amide bonds. The molecule has 0 aliphatic carbocycles. The summed E-state index contributed by atoms with van der Waals surface area (Å²) in [5, 5.41) is 5.72. The molecular weight excluding hydrogens is 511 g/mol. The van der Waals surface area contributed by atoms with E-state index in [2.05, 4.69) is 34.3 Å². The first-order valence-electron chi connectivity index (χ1n) is 13.6. The zero-order valence-corrected chi connectivity index (χ0v) is 23.0. The van der Waals surface area contributed by atoms with Gasteiger partial charge < -0.3 is 20.1 Å². The Bertz CT molecular complexity index is 1210. The van der Waals surface area contributed by atoms with Crippen LogP contribution in [0, 0.1) is 5.82 Å². The standard InChI is InChI=1S/C31H37FN4O4/c1-23(2)36-18-16-35(17-19-36)20-30(37)34-29(22-39-21-24-6-4-3-5-7-24)31(38)33-26-10-14-28(15-11-26)40-27-12-8-25(32)9-13-27/h3-15,23,29H,16-22H2,1-2H3,(H,33,38)(H,34,37). The van der Waals surface area contributed by atoms with Gasteiger partial charge in [0.15, 0.2) is 0 Å². The fourth-order valence-electron chi connectivity index (χ4n) is 4.41. The van der Waals surface area contributed by atoms with Crippen molar-refractivity contribution in [3.8, 4) is 11.5 Å². The number of anilines is 1. The number of hydrogen-bond acceptors (Lipinski definition) is 6. The van der Waals surface area contributed by atoms with Crippen molar-refractivity contribution in [2.45, 2.75) is 32.5 Å². The summed E-state index contributed by atoms with van der Waals surface area (Å²) in [4.78, 5) is 30.6. The Hall–Kier alpha value is -3.79. The summed E-state index contributed by atoms with van der Waals surface area (Å²) in [7, 11) is 0. The molecule has 0 bridgehead atoms. The average Bonchev–Trinajstić information content (AvgIpc) is 2.95. The van der Waals surface area contributed by atoms with Crippen molar-refractivity contribution in [2.24, 2.45) is 0 Å². The van der Waals surface area contributed by atoms with Gasteiger partial charge in [-0.1, -0.05) is 30.3 Å². The van der Waals surface area contributed by atoms with E-state index >= 15 is 0 Å². The number of benzene rings is 3. The zero-order valence-electron chi connectivity index (χ0n) is 23.0. The second-order valence-corrected chi connectivity index (χ2v) is 10.1. The van der Waals surface area contributed by atoms with Crippen molar-refractivity contribution in [2.75, 3.05) is 44.6 Å². The van der Waals surface area contributed by atoms with Crippen LogP contribution in [0.3, 0.4) is 0 Å². The molecule has 1 atom stereocenters. The number of amides is 2. The normalized spacial score (nSPS) is 15.0. The second kappa shape index (κ2) is 14.6. The van der Waals surface area contributed by atoms with Crippen LogP contribution in [0.5, 0.6) is 11.5 Å². The van der Waals surface area contributed by atoms with E-state index in [1.807, 2.05) is 30.3 Å². The summed E-state index contributed by atoms with van der Waals surface area (Å²) in [6.45, 7) is 8.36. The van der Waals surface area contributed by atoms with Gasteiger partial charge >= 0.3 is 0 Å². The van der Waals surface area contributed by atoms with Crippen LogP contribution in [0.4, 0.5) is 10.1 Å². The van der Waals surface area contributed by atoms with Crippen LogP contribution in [0.15, 0.2) is 78.9 Å². The monoisotopic (exact) mass is 548 g/mol. The third-order valence-electron chi connectivity index (χ3n) is 6.72. The van der Waals surface area contributed by atoms with Gasteiger partial charge in [-0.25, -0.2) is 4.39 Å². The molecule has 212 valence electrons. The zero-order chi connectivity index (χ0) is 28.3. The molecule has 2 N–H and O–H groups in total. The minimum atomic E-state index is -0.872. The number of rotatable bonds is 12. The van der Waals surface area contributed by atoms with Crippen LogP contribution < -0.4 is 15.4 Å². The van der Waals surface area contributed by atoms with Crippen LogP contribution in [-0.4, -0.2) is 73.0 Å². The van der Waals surface area contributed by atoms with Crippen LogP contribution in [0.25, 0.3) is 0 Å². The number of nitrogens with one attached hydrogen (secondary N) is 2. The Balaban J connectivity index is 1.33. The number of carbonyl (C=O) groups is 2. The SMILES string of the molecule is CC(C)N1CCN(CC(=O)NC(COCc2ccccc2)C(=O)Nc2ccc(Oc3ccc(F)cc3)cc2)CC1. The van der Waals surface area contributed by atoms with Crippen LogP contribution in [0.2, 0.25) is 0 Å². The van der Waals surface area contributed by atoms with Gasteiger partial charge in [-0.15, -0.1) is 0 Å². The van der Waals surface area contributed by atoms with E-state index in [1.165, 1.54) is 24.3 Å². The molecule has 0 aromatic heterocycles. The lowest BCUT2D eigenvalue weighted by atomic mass is 10.2. The summed E-state index contributed by atoms with van der Waals surface area (Å²) in [5.41, 5.74) is 1.52. The molecule has 40 heavy (non-hydrogen) atoms. The van der Waals surface area contributed by atoms with Crippen LogP contribution in [0.1, 0.15) is 19.4 Å². The molecule has 1 saturated heterocycles. The maximum Gasteiger partial charge on any atom is 0.249 e. The van der Waals surface area contributed by atoms with E-state index in [0.29, 0.717) is 29.8 Å². The van der Waals surface area contributed by atoms with E-state index in [0.717, 1.165) is 31.7 Å². The fourth-order valence-corrected chi connectivity index (χ4v) is 4.41. The highest BCUT2D eigenvalue weighted by Crippen LogP contribution is 2.23. The van der Waals surface area contributed by atoms with E-state index in [1.54, 1.807) is 24.3 Å². The maximum absolute atomic E-state index is 13.2. The third kappa shape index (κ3) is 9.15. The van der Waals surface area contributed by atoms with E-state index in [4.69, 9.17) is 9.47 Å². The molecule has 3 aromatic carbocycles. The molecule has 3 aromatic rings. The maximum atomic E-state index is 13.2. The molecule has 1 heterocycles. The van der Waals surface area contributed by atoms with Crippen molar-refractivity contribution in [1.82, 2.24) is 15.1 Å². The number of hydrogen-bond donors (Lipinski definition) is 2. The van der Waals surface area contributed by atoms with Crippen molar-refractivity contribution in [3.05, 3.63) is 90.2 Å². The van der Waals surface area contributed by atoms with Crippen LogP contribution >= 0.6 is 0 Å². The molecule has 9 heteroatoms. The fraction of sp³-hybridized carbons (Fsp3) is 0.355. The Morgan fingerprint density at radius 3 is 2.12 bits per heavy atom. The highest BCUT2D eigenvalue weighted by atomic mass is 19.1. The summed E-state index contributed by atoms with van der Waals surface area (Å²) < 4.78 is 24.7. The highest BCUT2D eigenvalue weighted by molar-refractivity contribution is 5.97. The molecule has 1 aliphatic rings. The average molecular weight is 549 g/mol. The first kappa shape index (κ1) is 29.2. The quantitative estimate of drug-likeness (QED) is 0.352. The van der Waals surface area contributed by atoms with Gasteiger partial charge in [0.2, 0.25) is 11.8 Å². The van der Waals surface area contributed by atoms with E-state index < -0.39 is 6.04 Å². The lowest BCUT2D eigenvalue weighted by Crippen LogP contribution is -2.53. The number of piperazine rings is 1. The van der Waals surface area contributed by atoms with Gasteiger partial charge in [-0.05, 0) is 67.9 Å². The summed E-state index contributed by atoms with van der Waals surface area (Å²) in [6.07, 6.45) is 0. The Morgan fingerprint density at radius 2 is 1.50 bits per heavy atom. The van der Waals surface area contributed by atoms with Crippen molar-refractivity contribution in [1.29, 1.82) is 0 Å². The number of halogens is 1. The Morgan fingerprint density at radius 1 is 0.875 bits per heavy atom. The lowest BCUT2D eigenvalue weighted by molar-refractivity contribution is -0.129. The van der Waals surface area contributed by atoms with E-state index in [9.17, 15) is 14.0 Å². The summed E-state index contributed by atoms with van der Waals surface area (Å²) >= 11 is 0. The predicted molar refractivity (Wildman–Crippen MR) is 153 cm³/mol. The van der Waals surface area contributed by atoms with Gasteiger partial charge in [0.25, 0.3) is 0 Å². The van der Waals surface area contributed by atoms with Crippen molar-refractivity contribution >= 4 is 17.5 Å². The molecule has 0 radical (unpaired) electrons. The van der Waals surface area contributed by atoms with E-state index in [-0.39, 0.29) is 30.8 Å². The number of nitrogens with zero attached hydrogens (tertiary/aromatic N) is 2. The van der Waals surface area contributed by atoms with Crippen LogP contribution in [-0.2, 0) is 20.9 Å². The molecule has 0 spiro atoms. The van der Waals surface area contributed by atoms with Gasteiger partial charge in [0, 0.05) is 37.9 Å². The summed E-state index contributed by atoms with van der Waals surface area (Å²) in [6, 6.07) is 21.8. The van der Waals surface area contributed by atoms with Gasteiger partial charge in [0.1, 0.15) is 23.4 Å². The minimum absolute atomic E-state index is 0.0271. The third-order valence-corrected chi connectivity index (χ3v) is 6.72. The molecule has 1 aliphatic heterocycles. The first-order valence-corrected chi connectivity index (χ1v) is 13.6. The molecule has 8 nitrogen and oxygen atoms in total. The molecule has 4 rings (SSSR count). The largest absolute Gasteiger partial charge is 0.457 e. The van der Waals surface area contributed by atoms with Crippen molar-refractivity contribution < 1.29 is 23.5 Å².